The van der Waals surface area contributed by atoms with E-state index in [4.69, 9.17) is 14.6 Å². The third kappa shape index (κ3) is 2.77. The SMILES string of the molecule is O=C(O)c1cc(OC2CCOC3(CCCC3)C2)cs1. The molecule has 1 aliphatic carbocycles. The number of aromatic carboxylic acids is 1. The van der Waals surface area contributed by atoms with E-state index < -0.39 is 5.97 Å². The lowest BCUT2D eigenvalue weighted by atomic mass is 9.90. The maximum Gasteiger partial charge on any atom is 0.346 e. The molecule has 2 aliphatic rings. The third-order valence-corrected chi connectivity index (χ3v) is 4.95. The van der Waals surface area contributed by atoms with Gasteiger partial charge in [0.1, 0.15) is 16.7 Å². The zero-order chi connectivity index (χ0) is 13.3. The number of carboxylic acids is 1. The van der Waals surface area contributed by atoms with Gasteiger partial charge >= 0.3 is 5.97 Å². The van der Waals surface area contributed by atoms with Crippen molar-refractivity contribution in [3.63, 3.8) is 0 Å². The molecule has 1 atom stereocenters. The standard InChI is InChI=1S/C14H18O4S/c15-13(16)12-7-11(9-19-12)18-10-3-6-17-14(8-10)4-1-2-5-14/h7,9-10H,1-6,8H2,(H,15,16). The van der Waals surface area contributed by atoms with E-state index >= 15 is 0 Å². The lowest BCUT2D eigenvalue weighted by Crippen LogP contribution is -2.41. The van der Waals surface area contributed by atoms with Gasteiger partial charge in [0.15, 0.2) is 0 Å². The molecule has 5 heteroatoms. The lowest BCUT2D eigenvalue weighted by Gasteiger charge is -2.38. The van der Waals surface area contributed by atoms with Gasteiger partial charge in [-0.3, -0.25) is 0 Å². The monoisotopic (exact) mass is 282 g/mol. The van der Waals surface area contributed by atoms with E-state index in [9.17, 15) is 4.79 Å². The Morgan fingerprint density at radius 2 is 2.26 bits per heavy atom. The summed E-state index contributed by atoms with van der Waals surface area (Å²) in [6.45, 7) is 0.751. The average Bonchev–Trinajstić information content (AvgIpc) is 3.00. The van der Waals surface area contributed by atoms with Gasteiger partial charge in [0.25, 0.3) is 0 Å². The van der Waals surface area contributed by atoms with Crippen molar-refractivity contribution in [1.82, 2.24) is 0 Å². The number of carbonyl (C=O) groups is 1. The van der Waals surface area contributed by atoms with Crippen LogP contribution in [0.25, 0.3) is 0 Å². The smallest absolute Gasteiger partial charge is 0.346 e. The van der Waals surface area contributed by atoms with Crippen LogP contribution in [0, 0.1) is 0 Å². The van der Waals surface area contributed by atoms with Crippen molar-refractivity contribution in [2.24, 2.45) is 0 Å². The molecule has 4 nitrogen and oxygen atoms in total. The van der Waals surface area contributed by atoms with Crippen LogP contribution in [-0.4, -0.2) is 29.4 Å². The van der Waals surface area contributed by atoms with Crippen LogP contribution in [-0.2, 0) is 4.74 Å². The van der Waals surface area contributed by atoms with E-state index in [0.29, 0.717) is 10.6 Å². The van der Waals surface area contributed by atoms with Crippen LogP contribution in [0.2, 0.25) is 0 Å². The molecular weight excluding hydrogens is 264 g/mol. The van der Waals surface area contributed by atoms with E-state index in [1.165, 1.54) is 24.2 Å². The Kier molecular flexibility index (Phi) is 3.50. The van der Waals surface area contributed by atoms with Gasteiger partial charge in [0.05, 0.1) is 12.2 Å². The molecule has 1 aromatic rings. The summed E-state index contributed by atoms with van der Waals surface area (Å²) in [4.78, 5) is 11.2. The van der Waals surface area contributed by atoms with Crippen LogP contribution in [0.15, 0.2) is 11.4 Å². The normalized spacial score (nSPS) is 25.6. The van der Waals surface area contributed by atoms with Crippen molar-refractivity contribution < 1.29 is 19.4 Å². The number of thiophene rings is 1. The number of ether oxygens (including phenoxy) is 2. The second-order valence-electron chi connectivity index (χ2n) is 5.42. The maximum atomic E-state index is 10.8. The molecule has 0 bridgehead atoms. The summed E-state index contributed by atoms with van der Waals surface area (Å²) in [6.07, 6.45) is 6.74. The molecule has 1 N–H and O–H groups in total. The molecule has 1 aliphatic heterocycles. The van der Waals surface area contributed by atoms with Gasteiger partial charge in [0, 0.05) is 24.3 Å². The van der Waals surface area contributed by atoms with Crippen LogP contribution in [0.3, 0.4) is 0 Å². The van der Waals surface area contributed by atoms with Crippen LogP contribution in [0.4, 0.5) is 0 Å². The Bertz CT molecular complexity index is 462. The van der Waals surface area contributed by atoms with Gasteiger partial charge in [-0.05, 0) is 12.8 Å². The van der Waals surface area contributed by atoms with E-state index in [2.05, 4.69) is 0 Å². The van der Waals surface area contributed by atoms with E-state index in [1.807, 2.05) is 0 Å². The molecule has 1 spiro atoms. The van der Waals surface area contributed by atoms with Crippen molar-refractivity contribution in [2.75, 3.05) is 6.61 Å². The summed E-state index contributed by atoms with van der Waals surface area (Å²) in [5.74, 6) is -0.207. The van der Waals surface area contributed by atoms with Crippen molar-refractivity contribution in [3.05, 3.63) is 16.3 Å². The van der Waals surface area contributed by atoms with Crippen LogP contribution >= 0.6 is 11.3 Å². The first-order chi connectivity index (χ1) is 9.17. The first kappa shape index (κ1) is 12.9. The van der Waals surface area contributed by atoms with Crippen LogP contribution in [0.5, 0.6) is 5.75 Å². The third-order valence-electron chi connectivity index (χ3n) is 4.05. The molecule has 19 heavy (non-hydrogen) atoms. The Balaban J connectivity index is 1.64. The van der Waals surface area contributed by atoms with Gasteiger partial charge in [-0.2, -0.15) is 0 Å². The zero-order valence-electron chi connectivity index (χ0n) is 10.8. The second kappa shape index (κ2) is 5.13. The molecule has 0 amide bonds. The summed E-state index contributed by atoms with van der Waals surface area (Å²) in [7, 11) is 0. The van der Waals surface area contributed by atoms with Crippen molar-refractivity contribution >= 4 is 17.3 Å². The first-order valence-corrected chi connectivity index (χ1v) is 7.67. The summed E-state index contributed by atoms with van der Waals surface area (Å²) in [5.41, 5.74) is 0.0363. The first-order valence-electron chi connectivity index (χ1n) is 6.79. The van der Waals surface area contributed by atoms with Crippen LogP contribution < -0.4 is 4.74 Å². The number of carboxylic acid groups (broad SMARTS) is 1. The molecule has 1 saturated heterocycles. The van der Waals surface area contributed by atoms with Crippen molar-refractivity contribution in [1.29, 1.82) is 0 Å². The highest BCUT2D eigenvalue weighted by molar-refractivity contribution is 7.12. The van der Waals surface area contributed by atoms with E-state index in [1.54, 1.807) is 11.4 Å². The summed E-state index contributed by atoms with van der Waals surface area (Å²) in [5, 5.41) is 10.7. The van der Waals surface area contributed by atoms with Gasteiger partial charge in [-0.15, -0.1) is 11.3 Å². The van der Waals surface area contributed by atoms with Crippen LogP contribution in [0.1, 0.15) is 48.2 Å². The zero-order valence-corrected chi connectivity index (χ0v) is 11.6. The van der Waals surface area contributed by atoms with E-state index in [0.717, 1.165) is 32.3 Å². The minimum absolute atomic E-state index is 0.0363. The number of hydrogen-bond acceptors (Lipinski definition) is 4. The highest BCUT2D eigenvalue weighted by atomic mass is 32.1. The molecule has 2 fully saturated rings. The summed E-state index contributed by atoms with van der Waals surface area (Å²) < 4.78 is 11.9. The molecule has 0 radical (unpaired) electrons. The van der Waals surface area contributed by atoms with Crippen molar-refractivity contribution in [2.45, 2.75) is 50.2 Å². The predicted octanol–water partition coefficient (Wildman–Crippen LogP) is 3.32. The minimum Gasteiger partial charge on any atom is -0.489 e. The number of hydrogen-bond donors (Lipinski definition) is 1. The lowest BCUT2D eigenvalue weighted by molar-refractivity contribution is -0.108. The maximum absolute atomic E-state index is 10.8. The highest BCUT2D eigenvalue weighted by Gasteiger charge is 2.40. The largest absolute Gasteiger partial charge is 0.489 e. The fraction of sp³-hybridized carbons (Fsp3) is 0.643. The molecule has 0 aromatic carbocycles. The Labute approximate surface area is 116 Å². The Hall–Kier alpha value is -1.07. The number of rotatable bonds is 3. The minimum atomic E-state index is -0.890. The molecule has 1 unspecified atom stereocenters. The summed E-state index contributed by atoms with van der Waals surface area (Å²) in [6, 6.07) is 1.61. The van der Waals surface area contributed by atoms with E-state index in [-0.39, 0.29) is 11.7 Å². The van der Waals surface area contributed by atoms with Gasteiger partial charge in [-0.1, -0.05) is 12.8 Å². The van der Waals surface area contributed by atoms with Gasteiger partial charge in [0.2, 0.25) is 0 Å². The van der Waals surface area contributed by atoms with Crippen molar-refractivity contribution in [3.8, 4) is 5.75 Å². The fourth-order valence-corrected chi connectivity index (χ4v) is 3.79. The predicted molar refractivity (Wildman–Crippen MR) is 72.1 cm³/mol. The molecular formula is C14H18O4S. The molecule has 3 rings (SSSR count). The topological polar surface area (TPSA) is 55.8 Å². The Morgan fingerprint density at radius 1 is 1.47 bits per heavy atom. The van der Waals surface area contributed by atoms with Gasteiger partial charge in [-0.25, -0.2) is 4.79 Å². The molecule has 104 valence electrons. The summed E-state index contributed by atoms with van der Waals surface area (Å²) >= 11 is 1.21. The quantitative estimate of drug-likeness (QED) is 0.924. The Morgan fingerprint density at radius 3 is 2.95 bits per heavy atom. The average molecular weight is 282 g/mol. The van der Waals surface area contributed by atoms with Gasteiger partial charge < -0.3 is 14.6 Å². The molecule has 1 aromatic heterocycles. The molecule has 1 saturated carbocycles. The fourth-order valence-electron chi connectivity index (χ4n) is 3.14. The second-order valence-corrected chi connectivity index (χ2v) is 6.33. The molecule has 2 heterocycles. The highest BCUT2D eigenvalue weighted by Crippen LogP contribution is 2.41.